The van der Waals surface area contributed by atoms with Gasteiger partial charge in [0.2, 0.25) is 0 Å². The van der Waals surface area contributed by atoms with E-state index in [0.29, 0.717) is 32.0 Å². The average molecular weight is 756 g/mol. The molecule has 48 heavy (non-hydrogen) atoms. The van der Waals surface area contributed by atoms with Crippen molar-refractivity contribution in [3.8, 4) is 0 Å². The molecule has 14 atom stereocenters. The Balaban J connectivity index is 0.00000625. The van der Waals surface area contributed by atoms with Crippen molar-refractivity contribution < 1.29 is 75.8 Å². The number of ketones is 1. The van der Waals surface area contributed by atoms with E-state index in [1.54, 1.807) is 27.9 Å². The molecule has 275 valence electrons. The number of hydrogen-bond acceptors (Lipinski definition) is 10. The summed E-state index contributed by atoms with van der Waals surface area (Å²) in [7, 11) is 5.71. The van der Waals surface area contributed by atoms with Crippen molar-refractivity contribution in [3.05, 3.63) is 5.92 Å². The predicted molar refractivity (Wildman–Crippen MR) is 178 cm³/mol. The van der Waals surface area contributed by atoms with Crippen LogP contribution in [0.15, 0.2) is 0 Å². The number of cyclic esters (lactones) is 1. The molecule has 1 saturated carbocycles. The first kappa shape index (κ1) is 42.4. The van der Waals surface area contributed by atoms with Crippen molar-refractivity contribution in [1.82, 2.24) is 4.90 Å². The molecule has 0 aromatic rings. The Labute approximate surface area is 315 Å². The molecule has 0 amide bonds. The molecule has 10 nitrogen and oxygen atoms in total. The molecular formula is C37H64NO9Y-. The zero-order valence-corrected chi connectivity index (χ0v) is 34.7. The molecular weight excluding hydrogens is 691 g/mol. The second-order valence-corrected chi connectivity index (χ2v) is 16.4. The van der Waals surface area contributed by atoms with Gasteiger partial charge in [0, 0.05) is 51.8 Å². The molecule has 0 aromatic carbocycles. The van der Waals surface area contributed by atoms with Crippen LogP contribution in [-0.2, 0) is 70.7 Å². The van der Waals surface area contributed by atoms with Gasteiger partial charge in [-0.15, -0.1) is 5.92 Å². The summed E-state index contributed by atoms with van der Waals surface area (Å²) in [5, 5.41) is 12.2. The Hall–Kier alpha value is -0.0361. The molecule has 1 aliphatic carbocycles. The van der Waals surface area contributed by atoms with Crippen molar-refractivity contribution in [3.63, 3.8) is 0 Å². The molecule has 4 aliphatic rings. The Morgan fingerprint density at radius 2 is 1.65 bits per heavy atom. The van der Waals surface area contributed by atoms with Crippen molar-refractivity contribution in [2.45, 2.75) is 149 Å². The summed E-state index contributed by atoms with van der Waals surface area (Å²) >= 11 is 0. The zero-order valence-electron chi connectivity index (χ0n) is 31.9. The van der Waals surface area contributed by atoms with Crippen LogP contribution in [0.4, 0.5) is 0 Å². The predicted octanol–water partition coefficient (Wildman–Crippen LogP) is 4.83. The van der Waals surface area contributed by atoms with Gasteiger partial charge < -0.3 is 44.3 Å². The fourth-order valence-electron chi connectivity index (χ4n) is 8.49. The quantitative estimate of drug-likeness (QED) is 0.238. The van der Waals surface area contributed by atoms with Crippen LogP contribution in [0.25, 0.3) is 0 Å². The maximum Gasteiger partial charge on any atom is 0.319 e. The molecule has 1 radical (unpaired) electrons. The number of fused-ring (bicyclic) bond motifs is 6. The molecule has 0 aromatic heterocycles. The third-order valence-corrected chi connectivity index (χ3v) is 12.1. The van der Waals surface area contributed by atoms with Crippen LogP contribution in [-0.4, -0.2) is 110 Å². The number of rotatable bonds is 5. The molecule has 1 N–H and O–H groups in total. The van der Waals surface area contributed by atoms with Crippen LogP contribution in [0.5, 0.6) is 0 Å². The molecule has 2 bridgehead atoms. The molecule has 2 unspecified atom stereocenters. The Morgan fingerprint density at radius 3 is 2.23 bits per heavy atom. The number of carbonyl (C=O) groups is 2. The van der Waals surface area contributed by atoms with Gasteiger partial charge in [0.1, 0.15) is 23.2 Å². The zero-order chi connectivity index (χ0) is 35.2. The van der Waals surface area contributed by atoms with E-state index in [2.05, 4.69) is 25.7 Å². The monoisotopic (exact) mass is 755 g/mol. The SMILES string of the molecule is CC[C@H]1OC(=O)C(C)(C)C(=O)[C@H](C)[C@@H](O[C@@H]2O[C@H](C)C[C@H](N(C)C)[C@H]2OC)[C@@]2(C)C[C@@H](C)[C-](C)[C@H](C)[C@@H](OCC3CC3CO2)[C@]1(C)O.[Y]. The van der Waals surface area contributed by atoms with Crippen molar-refractivity contribution in [2.75, 3.05) is 34.4 Å². The van der Waals surface area contributed by atoms with E-state index in [4.69, 9.17) is 28.4 Å². The first-order valence-electron chi connectivity index (χ1n) is 17.9. The molecule has 3 heterocycles. The number of aliphatic hydroxyl groups is 1. The topological polar surface area (TPSA) is 113 Å². The van der Waals surface area contributed by atoms with Gasteiger partial charge >= 0.3 is 5.97 Å². The van der Waals surface area contributed by atoms with Crippen LogP contribution < -0.4 is 0 Å². The number of Topliss-reactive ketones (excluding diaryl/α,β-unsaturated/α-hetero) is 1. The van der Waals surface area contributed by atoms with E-state index in [1.807, 2.05) is 41.8 Å². The number of ether oxygens (including phenoxy) is 6. The summed E-state index contributed by atoms with van der Waals surface area (Å²) < 4.78 is 39.1. The first-order valence-corrected chi connectivity index (χ1v) is 17.9. The summed E-state index contributed by atoms with van der Waals surface area (Å²) in [6.45, 7) is 20.0. The summed E-state index contributed by atoms with van der Waals surface area (Å²) in [4.78, 5) is 30.7. The van der Waals surface area contributed by atoms with Gasteiger partial charge in [0.25, 0.3) is 0 Å². The first-order chi connectivity index (χ1) is 21.8. The number of methoxy groups -OCH3 is 1. The van der Waals surface area contributed by atoms with E-state index in [0.717, 1.165) is 18.8 Å². The Kier molecular flexibility index (Phi) is 14.4. The van der Waals surface area contributed by atoms with Gasteiger partial charge in [-0.05, 0) is 86.2 Å². The van der Waals surface area contributed by atoms with Gasteiger partial charge in [-0.3, -0.25) is 9.59 Å². The normalized spacial score (nSPS) is 46.2. The number of carbonyl (C=O) groups excluding carboxylic acids is 2. The van der Waals surface area contributed by atoms with E-state index < -0.39 is 59.2 Å². The van der Waals surface area contributed by atoms with Gasteiger partial charge in [-0.1, -0.05) is 27.7 Å². The van der Waals surface area contributed by atoms with E-state index >= 15 is 0 Å². The molecule has 3 saturated heterocycles. The van der Waals surface area contributed by atoms with Crippen LogP contribution >= 0.6 is 0 Å². The number of likely N-dealkylation sites (N-methyl/N-ethyl adjacent to an activating group) is 1. The van der Waals surface area contributed by atoms with Gasteiger partial charge in [-0.25, -0.2) is 0 Å². The van der Waals surface area contributed by atoms with Crippen molar-refractivity contribution in [2.24, 2.45) is 35.0 Å². The van der Waals surface area contributed by atoms with Gasteiger partial charge in [-0.2, -0.15) is 12.8 Å². The third kappa shape index (κ3) is 8.60. The van der Waals surface area contributed by atoms with E-state index in [-0.39, 0.29) is 68.4 Å². The second kappa shape index (κ2) is 16.3. The minimum Gasteiger partial charge on any atom is -0.458 e. The average Bonchev–Trinajstić information content (AvgIpc) is 3.76. The number of nitrogens with zero attached hydrogens (tertiary/aromatic N) is 1. The maximum atomic E-state index is 14.6. The number of hydrogen-bond donors (Lipinski definition) is 1. The van der Waals surface area contributed by atoms with E-state index in [1.165, 1.54) is 0 Å². The van der Waals surface area contributed by atoms with Crippen molar-refractivity contribution in [1.29, 1.82) is 0 Å². The van der Waals surface area contributed by atoms with Crippen LogP contribution in [0.2, 0.25) is 0 Å². The summed E-state index contributed by atoms with van der Waals surface area (Å²) in [6.07, 6.45) is -0.894. The standard InChI is InChI=1S/C37H64NO9.Y/c1-14-28-37(10,41)32-23(5)22(4)20(2)17-36(9,44-19-26-16-25(26)18-43-32)31(24(6)30(39)35(7,8)34(40)46-28)47-33-29(42-13)27(38(11)12)15-21(3)45-33;/h20-21,23-29,31-33,41H,14-19H2,1-13H3;/q-1;/t20-,21-,23+,24+,25?,26?,27+,28-,29-,31-,32-,33+,36-,37-;/m1./s1. The smallest absolute Gasteiger partial charge is 0.319 e. The molecule has 4 rings (SSSR count). The van der Waals surface area contributed by atoms with Crippen LogP contribution in [0, 0.1) is 40.9 Å². The molecule has 4 fully saturated rings. The fraction of sp³-hybridized carbons (Fsp3) is 0.919. The Morgan fingerprint density at radius 1 is 1.02 bits per heavy atom. The summed E-state index contributed by atoms with van der Waals surface area (Å²) in [6, 6.07) is 0.0352. The third-order valence-electron chi connectivity index (χ3n) is 12.1. The van der Waals surface area contributed by atoms with Gasteiger partial charge in [0.05, 0.1) is 37.1 Å². The van der Waals surface area contributed by atoms with Crippen LogP contribution in [0.1, 0.15) is 94.9 Å². The van der Waals surface area contributed by atoms with Gasteiger partial charge in [0.15, 0.2) is 12.1 Å². The molecule has 11 heteroatoms. The van der Waals surface area contributed by atoms with Crippen LogP contribution in [0.3, 0.4) is 0 Å². The maximum absolute atomic E-state index is 14.6. The minimum atomic E-state index is -1.53. The second-order valence-electron chi connectivity index (χ2n) is 16.4. The summed E-state index contributed by atoms with van der Waals surface area (Å²) in [5.74, 6) is -0.203. The summed E-state index contributed by atoms with van der Waals surface area (Å²) in [5.41, 5.74) is -3.96. The van der Waals surface area contributed by atoms with Crippen molar-refractivity contribution >= 4 is 11.8 Å². The number of esters is 1. The Bertz CT molecular complexity index is 1100. The fourth-order valence-corrected chi connectivity index (χ4v) is 8.49. The van der Waals surface area contributed by atoms with E-state index in [9.17, 15) is 14.7 Å². The molecule has 3 aliphatic heterocycles. The molecule has 0 spiro atoms. The largest absolute Gasteiger partial charge is 0.458 e. The minimum absolute atomic E-state index is 0.